The van der Waals surface area contributed by atoms with Crippen LogP contribution in [0.2, 0.25) is 0 Å². The van der Waals surface area contributed by atoms with E-state index in [0.29, 0.717) is 5.56 Å². The maximum Gasteiger partial charge on any atom is 0.343 e. The van der Waals surface area contributed by atoms with Gasteiger partial charge in [0.25, 0.3) is 0 Å². The second-order valence-corrected chi connectivity index (χ2v) is 4.90. The number of hydrogen-bond donors (Lipinski definition) is 2. The van der Waals surface area contributed by atoms with Gasteiger partial charge in [0.2, 0.25) is 0 Å². The van der Waals surface area contributed by atoms with Crippen LogP contribution in [0, 0.1) is 0 Å². The van der Waals surface area contributed by atoms with E-state index in [1.165, 1.54) is 6.08 Å². The van der Waals surface area contributed by atoms with Gasteiger partial charge in [-0.05, 0) is 39.3 Å². The molecule has 0 fully saturated rings. The van der Waals surface area contributed by atoms with Crippen LogP contribution in [0.5, 0.6) is 0 Å². The van der Waals surface area contributed by atoms with Crippen LogP contribution in [0.1, 0.15) is 5.56 Å². The SMILES string of the molecule is O=C(O)C(=Cc1c2ccccc2cc2ccccc12)C(=O)O. The van der Waals surface area contributed by atoms with Crippen molar-refractivity contribution < 1.29 is 19.8 Å². The van der Waals surface area contributed by atoms with Gasteiger partial charge in [-0.1, -0.05) is 48.5 Å². The average molecular weight is 292 g/mol. The molecule has 0 aliphatic rings. The predicted molar refractivity (Wildman–Crippen MR) is 84.7 cm³/mol. The van der Waals surface area contributed by atoms with Crippen molar-refractivity contribution in [3.63, 3.8) is 0 Å². The lowest BCUT2D eigenvalue weighted by molar-refractivity contribution is -0.139. The number of rotatable bonds is 3. The molecule has 0 aromatic heterocycles. The third-order valence-electron chi connectivity index (χ3n) is 3.56. The van der Waals surface area contributed by atoms with Crippen molar-refractivity contribution in [1.82, 2.24) is 0 Å². The van der Waals surface area contributed by atoms with Crippen molar-refractivity contribution in [2.75, 3.05) is 0 Å². The summed E-state index contributed by atoms with van der Waals surface area (Å²) < 4.78 is 0. The number of carboxylic acids is 2. The fourth-order valence-corrected chi connectivity index (χ4v) is 2.56. The summed E-state index contributed by atoms with van der Waals surface area (Å²) in [5, 5.41) is 21.7. The second kappa shape index (κ2) is 5.33. The molecular formula is C18H12O4. The highest BCUT2D eigenvalue weighted by atomic mass is 16.4. The van der Waals surface area contributed by atoms with Crippen molar-refractivity contribution in [2.24, 2.45) is 0 Å². The number of hydrogen-bond acceptors (Lipinski definition) is 2. The van der Waals surface area contributed by atoms with Gasteiger partial charge in [-0.2, -0.15) is 0 Å². The molecule has 22 heavy (non-hydrogen) atoms. The van der Waals surface area contributed by atoms with Crippen LogP contribution in [0.4, 0.5) is 0 Å². The minimum atomic E-state index is -1.45. The van der Waals surface area contributed by atoms with Crippen molar-refractivity contribution in [3.05, 3.63) is 65.7 Å². The van der Waals surface area contributed by atoms with Crippen LogP contribution < -0.4 is 0 Å². The zero-order chi connectivity index (χ0) is 15.7. The molecule has 4 nitrogen and oxygen atoms in total. The van der Waals surface area contributed by atoms with E-state index < -0.39 is 17.5 Å². The van der Waals surface area contributed by atoms with Crippen LogP contribution in [-0.4, -0.2) is 22.2 Å². The zero-order valence-corrected chi connectivity index (χ0v) is 11.5. The van der Waals surface area contributed by atoms with E-state index in [4.69, 9.17) is 10.2 Å². The minimum Gasteiger partial charge on any atom is -0.477 e. The molecule has 0 saturated heterocycles. The number of carbonyl (C=O) groups is 2. The monoisotopic (exact) mass is 292 g/mol. The van der Waals surface area contributed by atoms with Crippen LogP contribution in [0.3, 0.4) is 0 Å². The largest absolute Gasteiger partial charge is 0.477 e. The topological polar surface area (TPSA) is 74.6 Å². The highest BCUT2D eigenvalue weighted by molar-refractivity contribution is 6.19. The summed E-state index contributed by atoms with van der Waals surface area (Å²) in [7, 11) is 0. The van der Waals surface area contributed by atoms with Crippen molar-refractivity contribution in [1.29, 1.82) is 0 Å². The molecule has 3 aromatic rings. The molecule has 2 N–H and O–H groups in total. The molecule has 4 heteroatoms. The summed E-state index contributed by atoms with van der Waals surface area (Å²) in [5.74, 6) is -2.91. The summed E-state index contributed by atoms with van der Waals surface area (Å²) in [6.07, 6.45) is 1.23. The van der Waals surface area contributed by atoms with E-state index in [9.17, 15) is 9.59 Å². The summed E-state index contributed by atoms with van der Waals surface area (Å²) in [4.78, 5) is 22.3. The maximum absolute atomic E-state index is 11.2. The molecule has 0 amide bonds. The first-order chi connectivity index (χ1) is 10.6. The van der Waals surface area contributed by atoms with Crippen molar-refractivity contribution >= 4 is 39.6 Å². The van der Waals surface area contributed by atoms with E-state index in [0.717, 1.165) is 21.5 Å². The molecule has 0 bridgehead atoms. The van der Waals surface area contributed by atoms with E-state index >= 15 is 0 Å². The summed E-state index contributed by atoms with van der Waals surface area (Å²) in [6.45, 7) is 0. The molecule has 108 valence electrons. The van der Waals surface area contributed by atoms with Crippen LogP contribution in [0.25, 0.3) is 27.6 Å². The lowest BCUT2D eigenvalue weighted by Gasteiger charge is -2.09. The number of benzene rings is 3. The standard InChI is InChI=1S/C18H12O4/c19-17(20)16(18(21)22)10-15-13-7-3-1-5-11(13)9-12-6-2-4-8-14(12)15/h1-10H,(H,19,20)(H,21,22). The molecular weight excluding hydrogens is 280 g/mol. The van der Waals surface area contributed by atoms with Gasteiger partial charge >= 0.3 is 11.9 Å². The third kappa shape index (κ3) is 2.31. The highest BCUT2D eigenvalue weighted by Crippen LogP contribution is 2.30. The molecule has 0 atom stereocenters. The Morgan fingerprint density at radius 1 is 0.773 bits per heavy atom. The van der Waals surface area contributed by atoms with Gasteiger partial charge in [-0.15, -0.1) is 0 Å². The molecule has 0 aliphatic carbocycles. The smallest absolute Gasteiger partial charge is 0.343 e. The van der Waals surface area contributed by atoms with Crippen LogP contribution in [0.15, 0.2) is 60.2 Å². The molecule has 3 aromatic carbocycles. The van der Waals surface area contributed by atoms with Gasteiger partial charge in [-0.3, -0.25) is 0 Å². The molecule has 0 heterocycles. The summed E-state index contributed by atoms with van der Waals surface area (Å²) in [6, 6.07) is 17.0. The number of carboxylic acid groups (broad SMARTS) is 2. The van der Waals surface area contributed by atoms with Crippen LogP contribution in [-0.2, 0) is 9.59 Å². The van der Waals surface area contributed by atoms with E-state index in [-0.39, 0.29) is 0 Å². The van der Waals surface area contributed by atoms with Gasteiger partial charge in [0.15, 0.2) is 0 Å². The highest BCUT2D eigenvalue weighted by Gasteiger charge is 2.17. The Hall–Kier alpha value is -3.14. The Morgan fingerprint density at radius 2 is 1.23 bits per heavy atom. The Labute approximate surface area is 125 Å². The van der Waals surface area contributed by atoms with Gasteiger partial charge in [0, 0.05) is 0 Å². The summed E-state index contributed by atoms with van der Waals surface area (Å²) in [5.41, 5.74) is -0.0463. The van der Waals surface area contributed by atoms with Crippen molar-refractivity contribution in [2.45, 2.75) is 0 Å². The Balaban J connectivity index is 2.45. The second-order valence-electron chi connectivity index (χ2n) is 4.90. The first-order valence-electron chi connectivity index (χ1n) is 6.66. The molecule has 0 aliphatic heterocycles. The lowest BCUT2D eigenvalue weighted by Crippen LogP contribution is -2.10. The first kappa shape index (κ1) is 13.8. The number of aliphatic carboxylic acids is 2. The Bertz CT molecular complexity index is 868. The van der Waals surface area contributed by atoms with E-state index in [1.54, 1.807) is 0 Å². The summed E-state index contributed by atoms with van der Waals surface area (Å²) >= 11 is 0. The fourth-order valence-electron chi connectivity index (χ4n) is 2.56. The average Bonchev–Trinajstić information content (AvgIpc) is 2.50. The molecule has 0 unspecified atom stereocenters. The maximum atomic E-state index is 11.2. The van der Waals surface area contributed by atoms with Gasteiger partial charge in [-0.25, -0.2) is 9.59 Å². The normalized spacial score (nSPS) is 10.5. The molecule has 0 saturated carbocycles. The predicted octanol–water partition coefficient (Wildman–Crippen LogP) is 3.55. The molecule has 0 spiro atoms. The van der Waals surface area contributed by atoms with Gasteiger partial charge in [0.05, 0.1) is 0 Å². The van der Waals surface area contributed by atoms with E-state index in [2.05, 4.69) is 0 Å². The molecule has 3 rings (SSSR count). The number of fused-ring (bicyclic) bond motifs is 2. The third-order valence-corrected chi connectivity index (χ3v) is 3.56. The quantitative estimate of drug-likeness (QED) is 0.335. The van der Waals surface area contributed by atoms with Crippen molar-refractivity contribution in [3.8, 4) is 0 Å². The lowest BCUT2D eigenvalue weighted by atomic mass is 9.95. The minimum absolute atomic E-state index is 0.605. The van der Waals surface area contributed by atoms with E-state index in [1.807, 2.05) is 54.6 Å². The van der Waals surface area contributed by atoms with Crippen LogP contribution >= 0.6 is 0 Å². The zero-order valence-electron chi connectivity index (χ0n) is 11.5. The van der Waals surface area contributed by atoms with Gasteiger partial charge < -0.3 is 10.2 Å². The molecule has 0 radical (unpaired) electrons. The van der Waals surface area contributed by atoms with Gasteiger partial charge in [0.1, 0.15) is 5.57 Å². The Kier molecular flexibility index (Phi) is 3.35. The Morgan fingerprint density at radius 3 is 1.68 bits per heavy atom. The first-order valence-corrected chi connectivity index (χ1v) is 6.66. The fraction of sp³-hybridized carbons (Fsp3) is 0.